The molecule has 6 heteroatoms. The zero-order chi connectivity index (χ0) is 14.1. The molecule has 2 rings (SSSR count). The van der Waals surface area contributed by atoms with Crippen molar-refractivity contribution in [2.75, 3.05) is 13.1 Å². The number of halogens is 4. The smallest absolute Gasteiger partial charge is 0.389 e. The van der Waals surface area contributed by atoms with Crippen molar-refractivity contribution in [2.45, 2.75) is 31.0 Å². The van der Waals surface area contributed by atoms with Crippen LogP contribution in [0.2, 0.25) is 0 Å². The van der Waals surface area contributed by atoms with E-state index in [1.807, 2.05) is 0 Å². The van der Waals surface area contributed by atoms with Gasteiger partial charge in [-0.1, -0.05) is 6.07 Å². The van der Waals surface area contributed by atoms with Crippen molar-refractivity contribution in [3.8, 4) is 0 Å². The third-order valence-corrected chi connectivity index (χ3v) is 3.43. The summed E-state index contributed by atoms with van der Waals surface area (Å²) in [7, 11) is 0. The molecule has 0 aromatic heterocycles. The molecule has 1 saturated heterocycles. The number of aliphatic hydroxyl groups is 1. The van der Waals surface area contributed by atoms with Gasteiger partial charge in [0, 0.05) is 6.42 Å². The first kappa shape index (κ1) is 14.3. The van der Waals surface area contributed by atoms with Gasteiger partial charge in [-0.25, -0.2) is 4.39 Å². The molecule has 0 spiro atoms. The van der Waals surface area contributed by atoms with Gasteiger partial charge in [-0.15, -0.1) is 0 Å². The molecular formula is C13H15F4NO. The van der Waals surface area contributed by atoms with Crippen molar-refractivity contribution in [3.05, 3.63) is 35.1 Å². The third kappa shape index (κ3) is 3.45. The molecule has 0 bridgehead atoms. The molecule has 106 valence electrons. The minimum atomic E-state index is -4.55. The standard InChI is InChI=1S/C13H15F4NO/c14-11-7-10(13(15,16)17)2-1-9(11)8-12(19)3-5-18-6-4-12/h1-2,7,18-19H,3-6,8H2. The van der Waals surface area contributed by atoms with Crippen molar-refractivity contribution >= 4 is 0 Å². The largest absolute Gasteiger partial charge is 0.416 e. The number of piperidine rings is 1. The van der Waals surface area contributed by atoms with Crippen LogP contribution in [0.25, 0.3) is 0 Å². The number of nitrogens with one attached hydrogen (secondary N) is 1. The molecule has 0 unspecified atom stereocenters. The van der Waals surface area contributed by atoms with Crippen LogP contribution in [0.15, 0.2) is 18.2 Å². The Morgan fingerprint density at radius 2 is 1.84 bits per heavy atom. The predicted molar refractivity (Wildman–Crippen MR) is 62.2 cm³/mol. The molecule has 2 N–H and O–H groups in total. The zero-order valence-electron chi connectivity index (χ0n) is 10.2. The van der Waals surface area contributed by atoms with Crippen LogP contribution in [-0.2, 0) is 12.6 Å². The molecular weight excluding hydrogens is 262 g/mol. The maximum absolute atomic E-state index is 13.7. The van der Waals surface area contributed by atoms with Gasteiger partial charge in [0.15, 0.2) is 0 Å². The monoisotopic (exact) mass is 277 g/mol. The topological polar surface area (TPSA) is 32.3 Å². The number of benzene rings is 1. The van der Waals surface area contributed by atoms with E-state index in [0.29, 0.717) is 32.0 Å². The van der Waals surface area contributed by atoms with Crippen molar-refractivity contribution in [1.29, 1.82) is 0 Å². The summed E-state index contributed by atoms with van der Waals surface area (Å²) in [5, 5.41) is 13.3. The average Bonchev–Trinajstić information content (AvgIpc) is 2.31. The molecule has 1 aliphatic heterocycles. The Balaban J connectivity index is 2.17. The summed E-state index contributed by atoms with van der Waals surface area (Å²) in [5.74, 6) is -0.915. The lowest BCUT2D eigenvalue weighted by molar-refractivity contribution is -0.137. The molecule has 0 radical (unpaired) electrons. The second-order valence-corrected chi connectivity index (χ2v) is 4.96. The van der Waals surface area contributed by atoms with E-state index < -0.39 is 23.2 Å². The van der Waals surface area contributed by atoms with E-state index >= 15 is 0 Å². The Morgan fingerprint density at radius 1 is 1.21 bits per heavy atom. The lowest BCUT2D eigenvalue weighted by atomic mass is 9.85. The molecule has 1 heterocycles. The minimum Gasteiger partial charge on any atom is -0.389 e. The van der Waals surface area contributed by atoms with E-state index in [9.17, 15) is 22.7 Å². The first-order valence-electron chi connectivity index (χ1n) is 6.09. The van der Waals surface area contributed by atoms with E-state index in [2.05, 4.69) is 5.32 Å². The molecule has 0 atom stereocenters. The van der Waals surface area contributed by atoms with Crippen molar-refractivity contribution < 1.29 is 22.7 Å². The first-order chi connectivity index (χ1) is 8.80. The predicted octanol–water partition coefficient (Wildman–Crippen LogP) is 2.50. The van der Waals surface area contributed by atoms with Crippen LogP contribution in [0, 0.1) is 5.82 Å². The fourth-order valence-corrected chi connectivity index (χ4v) is 2.29. The van der Waals surface area contributed by atoms with Crippen LogP contribution >= 0.6 is 0 Å². The Hall–Kier alpha value is -1.14. The van der Waals surface area contributed by atoms with Gasteiger partial charge in [0.05, 0.1) is 11.2 Å². The summed E-state index contributed by atoms with van der Waals surface area (Å²) in [5.41, 5.74) is -1.92. The highest BCUT2D eigenvalue weighted by molar-refractivity contribution is 5.27. The summed E-state index contributed by atoms with van der Waals surface area (Å²) in [6, 6.07) is 2.45. The van der Waals surface area contributed by atoms with Gasteiger partial charge in [0.2, 0.25) is 0 Å². The molecule has 0 aliphatic carbocycles. The molecule has 1 fully saturated rings. The highest BCUT2D eigenvalue weighted by Crippen LogP contribution is 2.31. The second-order valence-electron chi connectivity index (χ2n) is 4.96. The SMILES string of the molecule is OC1(Cc2ccc(C(F)(F)F)cc2F)CCNCC1. The highest BCUT2D eigenvalue weighted by Gasteiger charge is 2.33. The van der Waals surface area contributed by atoms with Gasteiger partial charge in [0.1, 0.15) is 5.82 Å². The Morgan fingerprint density at radius 3 is 2.37 bits per heavy atom. The van der Waals surface area contributed by atoms with E-state index in [0.717, 1.165) is 12.1 Å². The first-order valence-corrected chi connectivity index (χ1v) is 6.09. The molecule has 1 aliphatic rings. The number of rotatable bonds is 2. The fraction of sp³-hybridized carbons (Fsp3) is 0.538. The van der Waals surface area contributed by atoms with Crippen LogP contribution < -0.4 is 5.32 Å². The summed E-state index contributed by atoms with van der Waals surface area (Å²) in [6.07, 6.45) is -3.58. The molecule has 1 aromatic carbocycles. The Labute approximate surface area is 108 Å². The highest BCUT2D eigenvalue weighted by atomic mass is 19.4. The fourth-order valence-electron chi connectivity index (χ4n) is 2.29. The normalized spacial score (nSPS) is 19.4. The number of hydrogen-bond donors (Lipinski definition) is 2. The maximum Gasteiger partial charge on any atom is 0.416 e. The zero-order valence-corrected chi connectivity index (χ0v) is 10.2. The number of alkyl halides is 3. The average molecular weight is 277 g/mol. The molecule has 2 nitrogen and oxygen atoms in total. The van der Waals surface area contributed by atoms with Crippen LogP contribution in [-0.4, -0.2) is 23.8 Å². The maximum atomic E-state index is 13.7. The van der Waals surface area contributed by atoms with E-state index in [4.69, 9.17) is 0 Å². The van der Waals surface area contributed by atoms with Crippen molar-refractivity contribution in [2.24, 2.45) is 0 Å². The van der Waals surface area contributed by atoms with Gasteiger partial charge in [-0.2, -0.15) is 13.2 Å². The van der Waals surface area contributed by atoms with Crippen LogP contribution in [0.3, 0.4) is 0 Å². The molecule has 0 saturated carbocycles. The summed E-state index contributed by atoms with van der Waals surface area (Å²) in [6.45, 7) is 1.25. The lowest BCUT2D eigenvalue weighted by Crippen LogP contribution is -2.43. The molecule has 1 aromatic rings. The van der Waals surface area contributed by atoms with Crippen LogP contribution in [0.4, 0.5) is 17.6 Å². The summed E-state index contributed by atoms with van der Waals surface area (Å²) >= 11 is 0. The van der Waals surface area contributed by atoms with E-state index in [1.165, 1.54) is 0 Å². The Bertz CT molecular complexity index is 452. The van der Waals surface area contributed by atoms with Gasteiger partial charge < -0.3 is 10.4 Å². The Kier molecular flexibility index (Phi) is 3.82. The number of hydrogen-bond acceptors (Lipinski definition) is 2. The second kappa shape index (κ2) is 5.09. The van der Waals surface area contributed by atoms with Crippen molar-refractivity contribution in [1.82, 2.24) is 5.32 Å². The van der Waals surface area contributed by atoms with Gasteiger partial charge in [-0.05, 0) is 43.6 Å². The van der Waals surface area contributed by atoms with Gasteiger partial charge in [0.25, 0.3) is 0 Å². The lowest BCUT2D eigenvalue weighted by Gasteiger charge is -2.32. The summed E-state index contributed by atoms with van der Waals surface area (Å²) in [4.78, 5) is 0. The minimum absolute atomic E-state index is 0.0403. The van der Waals surface area contributed by atoms with Crippen LogP contribution in [0.1, 0.15) is 24.0 Å². The van der Waals surface area contributed by atoms with E-state index in [1.54, 1.807) is 0 Å². The molecule has 19 heavy (non-hydrogen) atoms. The van der Waals surface area contributed by atoms with Crippen molar-refractivity contribution in [3.63, 3.8) is 0 Å². The summed E-state index contributed by atoms with van der Waals surface area (Å²) < 4.78 is 50.9. The van der Waals surface area contributed by atoms with Gasteiger partial charge in [-0.3, -0.25) is 0 Å². The third-order valence-electron chi connectivity index (χ3n) is 3.43. The van der Waals surface area contributed by atoms with E-state index in [-0.39, 0.29) is 12.0 Å². The molecule has 0 amide bonds. The quantitative estimate of drug-likeness (QED) is 0.814. The van der Waals surface area contributed by atoms with Gasteiger partial charge >= 0.3 is 6.18 Å². The van der Waals surface area contributed by atoms with Crippen LogP contribution in [0.5, 0.6) is 0 Å².